The zero-order valence-electron chi connectivity index (χ0n) is 25.7. The summed E-state index contributed by atoms with van der Waals surface area (Å²) in [6.07, 6.45) is 4.95. The summed E-state index contributed by atoms with van der Waals surface area (Å²) >= 11 is 2.01. The largest absolute Gasteiger partial charge is 0.312 e. The summed E-state index contributed by atoms with van der Waals surface area (Å²) < 4.78 is 0. The number of anilines is 2. The van der Waals surface area contributed by atoms with Crippen molar-refractivity contribution in [2.24, 2.45) is 0 Å². The summed E-state index contributed by atoms with van der Waals surface area (Å²) in [5, 5.41) is 7.97. The minimum atomic E-state index is -2.18. The lowest BCUT2D eigenvalue weighted by molar-refractivity contribution is 0.680. The summed E-state index contributed by atoms with van der Waals surface area (Å²) in [7, 11) is -4.21. The molecule has 0 amide bonds. The maximum atomic E-state index is 2.63. The lowest BCUT2D eigenvalue weighted by Gasteiger charge is -2.47. The number of hydrogen-bond donors (Lipinski definition) is 0. The molecule has 1 nitrogen and oxygen atoms in total. The number of rotatable bonds is 2. The Morgan fingerprint density at radius 1 is 0.636 bits per heavy atom. The number of para-hydroxylation sites is 1. The van der Waals surface area contributed by atoms with Crippen LogP contribution < -0.4 is 47.2 Å². The molecule has 5 aromatic carbocycles. The molecule has 1 aliphatic carbocycles. The van der Waals surface area contributed by atoms with Gasteiger partial charge in [-0.15, -0.1) is 0 Å². The molecule has 3 heterocycles. The zero-order valence-corrected chi connectivity index (χ0v) is 28.5. The van der Waals surface area contributed by atoms with Gasteiger partial charge in [-0.25, -0.2) is 0 Å². The van der Waals surface area contributed by atoms with Crippen molar-refractivity contribution >= 4 is 88.3 Å². The Morgan fingerprint density at radius 2 is 1.34 bits per heavy atom. The number of nitrogens with zero attached hydrogens (tertiary/aromatic N) is 1. The maximum absolute atomic E-state index is 2.63. The van der Waals surface area contributed by atoms with E-state index in [0.717, 1.165) is 0 Å². The van der Waals surface area contributed by atoms with Gasteiger partial charge >= 0.3 is 0 Å². The summed E-state index contributed by atoms with van der Waals surface area (Å²) in [5.41, 5.74) is 8.94. The van der Waals surface area contributed by atoms with Crippen LogP contribution in [0.1, 0.15) is 25.7 Å². The molecule has 1 unspecified atom stereocenters. The van der Waals surface area contributed by atoms with E-state index in [1.54, 1.807) is 36.6 Å². The van der Waals surface area contributed by atoms with Gasteiger partial charge in [0.15, 0.2) is 0 Å². The van der Waals surface area contributed by atoms with Crippen molar-refractivity contribution in [1.82, 2.24) is 0 Å². The van der Waals surface area contributed by atoms with Crippen LogP contribution in [0.2, 0.25) is 19.6 Å². The first-order valence-electron chi connectivity index (χ1n) is 16.2. The maximum Gasteiger partial charge on any atom is 0.240 e. The summed E-state index contributed by atoms with van der Waals surface area (Å²) in [5.74, 6) is 0. The van der Waals surface area contributed by atoms with Crippen LogP contribution in [0, 0.1) is 0 Å². The zero-order chi connectivity index (χ0) is 29.6. The van der Waals surface area contributed by atoms with Crippen molar-refractivity contribution in [1.29, 1.82) is 0 Å². The quantitative estimate of drug-likeness (QED) is 0.263. The highest BCUT2D eigenvalue weighted by molar-refractivity contribution is 8.03. The van der Waals surface area contributed by atoms with Crippen molar-refractivity contribution in [2.45, 2.75) is 50.2 Å². The number of hydrogen-bond acceptors (Lipinski definition) is 2. The van der Waals surface area contributed by atoms with Gasteiger partial charge in [-0.2, -0.15) is 0 Å². The third-order valence-corrected chi connectivity index (χ3v) is 20.4. The third kappa shape index (κ3) is 3.61. The summed E-state index contributed by atoms with van der Waals surface area (Å²) in [6, 6.07) is 44.9. The van der Waals surface area contributed by atoms with E-state index in [4.69, 9.17) is 0 Å². The molecule has 1 atom stereocenters. The monoisotopic (exact) mass is 617 g/mol. The first kappa shape index (κ1) is 26.9. The molecular formula is C39H36BNSSi2. The van der Waals surface area contributed by atoms with E-state index in [0.29, 0.717) is 6.71 Å². The van der Waals surface area contributed by atoms with Crippen molar-refractivity contribution < 1.29 is 0 Å². The molecule has 4 aliphatic rings. The van der Waals surface area contributed by atoms with Gasteiger partial charge in [0.2, 0.25) is 6.71 Å². The van der Waals surface area contributed by atoms with E-state index in [2.05, 4.69) is 140 Å². The van der Waals surface area contributed by atoms with Crippen LogP contribution in [0.3, 0.4) is 0 Å². The first-order valence-corrected chi connectivity index (χ1v) is 22.5. The molecule has 44 heavy (non-hydrogen) atoms. The normalized spacial score (nSPS) is 20.7. The van der Waals surface area contributed by atoms with Gasteiger partial charge in [0.25, 0.3) is 0 Å². The average molecular weight is 618 g/mol. The molecule has 0 saturated heterocycles. The van der Waals surface area contributed by atoms with Gasteiger partial charge in [0.1, 0.15) is 16.1 Å². The van der Waals surface area contributed by atoms with Gasteiger partial charge in [0, 0.05) is 21.2 Å². The summed E-state index contributed by atoms with van der Waals surface area (Å²) in [6.45, 7) is 8.10. The topological polar surface area (TPSA) is 3.24 Å². The van der Waals surface area contributed by atoms with Crippen LogP contribution in [-0.2, 0) is 0 Å². The van der Waals surface area contributed by atoms with Gasteiger partial charge in [-0.1, -0.05) is 160 Å². The van der Waals surface area contributed by atoms with Gasteiger partial charge in [-0.05, 0) is 55.1 Å². The molecule has 0 aromatic heterocycles. The standard InChI is InChI=1S/C39H36BNSSi2/c1-43(2)36-22-13-23-37-39(36)40(29-16-7-12-21-35(29)44(37,3)28-14-5-4-6-15-28)30-25-24-27(26-38(30)43)41-31-17-8-10-19-33(31)42-34-20-11-9-18-32(34)41/h4-8,10,12-17,19,21-26H,9,11,18,20H2,1-3H3. The second-order valence-corrected chi connectivity index (χ2v) is 23.0. The highest BCUT2D eigenvalue weighted by atomic mass is 32.2. The van der Waals surface area contributed by atoms with Crippen molar-refractivity contribution in [3.8, 4) is 0 Å². The van der Waals surface area contributed by atoms with Crippen LogP contribution in [0.15, 0.2) is 131 Å². The number of fused-ring (bicyclic) bond motifs is 5. The molecule has 5 heteroatoms. The molecule has 0 bridgehead atoms. The number of thioether (sulfide) groups is 1. The number of benzene rings is 5. The van der Waals surface area contributed by atoms with E-state index < -0.39 is 16.1 Å². The molecule has 0 saturated carbocycles. The first-order chi connectivity index (χ1) is 21.5. The fourth-order valence-corrected chi connectivity index (χ4v) is 17.7. The minimum absolute atomic E-state index is 0.292. The van der Waals surface area contributed by atoms with Crippen LogP contribution >= 0.6 is 11.8 Å². The fourth-order valence-electron chi connectivity index (χ4n) is 8.90. The smallest absolute Gasteiger partial charge is 0.240 e. The Hall–Kier alpha value is -3.51. The number of allylic oxidation sites excluding steroid dienone is 2. The Kier molecular flexibility index (Phi) is 5.95. The van der Waals surface area contributed by atoms with E-state index in [9.17, 15) is 0 Å². The van der Waals surface area contributed by atoms with Crippen molar-refractivity contribution in [3.63, 3.8) is 0 Å². The SMILES string of the molecule is C[Si]1(C)c2cc(N3C4=C(CCCC4)Sc4ccccc43)ccc2B2c3ccccc3[Si](C)(c3ccccc3)c3cccc1c32. The van der Waals surface area contributed by atoms with Crippen molar-refractivity contribution in [3.05, 3.63) is 126 Å². The molecule has 214 valence electrons. The highest BCUT2D eigenvalue weighted by Gasteiger charge is 2.51. The van der Waals surface area contributed by atoms with Gasteiger partial charge in [-0.3, -0.25) is 0 Å². The van der Waals surface area contributed by atoms with Crippen LogP contribution in [0.25, 0.3) is 0 Å². The van der Waals surface area contributed by atoms with Crippen LogP contribution in [-0.4, -0.2) is 22.9 Å². The van der Waals surface area contributed by atoms with Crippen LogP contribution in [0.5, 0.6) is 0 Å². The third-order valence-electron chi connectivity index (χ3n) is 11.0. The summed E-state index contributed by atoms with van der Waals surface area (Å²) in [4.78, 5) is 5.60. The second-order valence-electron chi connectivity index (χ2n) is 13.7. The molecule has 3 aliphatic heterocycles. The Bertz CT molecular complexity index is 2020. The van der Waals surface area contributed by atoms with Gasteiger partial charge in [0.05, 0.1) is 5.69 Å². The fraction of sp³-hybridized carbons (Fsp3) is 0.179. The Morgan fingerprint density at radius 3 is 2.23 bits per heavy atom. The van der Waals surface area contributed by atoms with E-state index >= 15 is 0 Å². The Labute approximate surface area is 268 Å². The molecule has 0 radical (unpaired) electrons. The molecule has 0 N–H and O–H groups in total. The molecule has 9 rings (SSSR count). The molecular weight excluding hydrogens is 581 g/mol. The average Bonchev–Trinajstić information content (AvgIpc) is 3.07. The lowest BCUT2D eigenvalue weighted by atomic mass is 9.36. The molecule has 0 fully saturated rings. The van der Waals surface area contributed by atoms with Crippen LogP contribution in [0.4, 0.5) is 11.4 Å². The van der Waals surface area contributed by atoms with E-state index in [-0.39, 0.29) is 0 Å². The lowest BCUT2D eigenvalue weighted by Crippen LogP contribution is -2.88. The van der Waals surface area contributed by atoms with Gasteiger partial charge < -0.3 is 4.90 Å². The minimum Gasteiger partial charge on any atom is -0.312 e. The van der Waals surface area contributed by atoms with E-state index in [1.165, 1.54) is 58.3 Å². The Balaban J connectivity index is 1.29. The van der Waals surface area contributed by atoms with E-state index in [1.807, 2.05) is 11.8 Å². The predicted molar refractivity (Wildman–Crippen MR) is 198 cm³/mol. The molecule has 0 spiro atoms. The predicted octanol–water partition coefficient (Wildman–Crippen LogP) is 4.78. The second kappa shape index (κ2) is 9.74. The highest BCUT2D eigenvalue weighted by Crippen LogP contribution is 2.50. The molecule has 5 aromatic rings. The van der Waals surface area contributed by atoms with Crippen molar-refractivity contribution in [2.75, 3.05) is 4.90 Å².